The van der Waals surface area contributed by atoms with Crippen molar-refractivity contribution in [2.45, 2.75) is 19.0 Å². The van der Waals surface area contributed by atoms with Crippen molar-refractivity contribution in [2.24, 2.45) is 5.73 Å². The number of nitrogens with two attached hydrogens (primary N) is 1. The van der Waals surface area contributed by atoms with Gasteiger partial charge in [-0.1, -0.05) is 12.1 Å². The number of nitrogens with zero attached hydrogens (tertiary/aromatic N) is 1. The summed E-state index contributed by atoms with van der Waals surface area (Å²) in [5.74, 6) is -0.236. The van der Waals surface area contributed by atoms with Crippen LogP contribution >= 0.6 is 0 Å². The molecular formula is C15H19FN2O. The van der Waals surface area contributed by atoms with Gasteiger partial charge in [0.15, 0.2) is 0 Å². The monoisotopic (exact) mass is 262 g/mol. The molecular weight excluding hydrogens is 243 g/mol. The van der Waals surface area contributed by atoms with Crippen LogP contribution in [0, 0.1) is 5.82 Å². The molecule has 2 N–H and O–H groups in total. The zero-order chi connectivity index (χ0) is 13.7. The van der Waals surface area contributed by atoms with Crippen molar-refractivity contribution in [1.82, 2.24) is 4.90 Å². The summed E-state index contributed by atoms with van der Waals surface area (Å²) >= 11 is 0. The average molecular weight is 262 g/mol. The molecule has 0 saturated carbocycles. The summed E-state index contributed by atoms with van der Waals surface area (Å²) in [5.41, 5.74) is 8.06. The molecule has 3 nitrogen and oxygen atoms in total. The van der Waals surface area contributed by atoms with Gasteiger partial charge in [-0.15, -0.1) is 0 Å². The number of halogens is 1. The Morgan fingerprint density at radius 1 is 1.37 bits per heavy atom. The second-order valence-electron chi connectivity index (χ2n) is 4.82. The molecule has 1 heterocycles. The Morgan fingerprint density at radius 3 is 2.89 bits per heavy atom. The summed E-state index contributed by atoms with van der Waals surface area (Å²) in [6, 6.07) is 8.30. The quantitative estimate of drug-likeness (QED) is 0.870. The van der Waals surface area contributed by atoms with E-state index < -0.39 is 0 Å². The molecule has 0 aliphatic rings. The summed E-state index contributed by atoms with van der Waals surface area (Å²) in [5, 5.41) is 0. The standard InChI is InChI=1S/C15H19FN2O/c1-18(10-12-6-8-19-11-12)7-5-15(17)13-3-2-4-14(16)9-13/h2-4,6,8-9,11,15H,5,7,10,17H2,1H3. The van der Waals surface area contributed by atoms with E-state index in [-0.39, 0.29) is 11.9 Å². The third-order valence-corrected chi connectivity index (χ3v) is 3.13. The SMILES string of the molecule is CN(CCC(N)c1cccc(F)c1)Cc1ccoc1. The molecule has 2 rings (SSSR count). The van der Waals surface area contributed by atoms with Crippen LogP contribution in [0.1, 0.15) is 23.6 Å². The van der Waals surface area contributed by atoms with Gasteiger partial charge < -0.3 is 15.1 Å². The topological polar surface area (TPSA) is 42.4 Å². The Balaban J connectivity index is 1.81. The molecule has 1 aromatic carbocycles. The summed E-state index contributed by atoms with van der Waals surface area (Å²) in [6.07, 6.45) is 4.20. The Kier molecular flexibility index (Phi) is 4.71. The fraction of sp³-hybridized carbons (Fsp3) is 0.333. The lowest BCUT2D eigenvalue weighted by Gasteiger charge is -2.19. The molecule has 0 aliphatic heterocycles. The Hall–Kier alpha value is -1.65. The highest BCUT2D eigenvalue weighted by molar-refractivity contribution is 5.19. The van der Waals surface area contributed by atoms with Crippen molar-refractivity contribution in [3.63, 3.8) is 0 Å². The van der Waals surface area contributed by atoms with Gasteiger partial charge in [0.2, 0.25) is 0 Å². The second-order valence-corrected chi connectivity index (χ2v) is 4.82. The molecule has 0 bridgehead atoms. The van der Waals surface area contributed by atoms with Crippen molar-refractivity contribution < 1.29 is 8.81 Å². The van der Waals surface area contributed by atoms with E-state index in [2.05, 4.69) is 4.90 Å². The minimum atomic E-state index is -0.236. The van der Waals surface area contributed by atoms with Crippen LogP contribution in [0.5, 0.6) is 0 Å². The summed E-state index contributed by atoms with van der Waals surface area (Å²) in [7, 11) is 2.03. The van der Waals surface area contributed by atoms with E-state index in [0.717, 1.165) is 30.6 Å². The maximum absolute atomic E-state index is 13.1. The van der Waals surface area contributed by atoms with Crippen LogP contribution in [0.4, 0.5) is 4.39 Å². The van der Waals surface area contributed by atoms with Crippen molar-refractivity contribution in [3.8, 4) is 0 Å². The molecule has 0 radical (unpaired) electrons. The molecule has 0 fully saturated rings. The molecule has 4 heteroatoms. The third kappa shape index (κ3) is 4.19. The van der Waals surface area contributed by atoms with Crippen molar-refractivity contribution in [1.29, 1.82) is 0 Å². The van der Waals surface area contributed by atoms with E-state index >= 15 is 0 Å². The first-order valence-electron chi connectivity index (χ1n) is 6.36. The second kappa shape index (κ2) is 6.50. The summed E-state index contributed by atoms with van der Waals surface area (Å²) in [4.78, 5) is 2.17. The lowest BCUT2D eigenvalue weighted by Crippen LogP contribution is -2.23. The first-order valence-corrected chi connectivity index (χ1v) is 6.36. The van der Waals surface area contributed by atoms with E-state index in [1.54, 1.807) is 18.6 Å². The van der Waals surface area contributed by atoms with Gasteiger partial charge in [-0.25, -0.2) is 4.39 Å². The van der Waals surface area contributed by atoms with Gasteiger partial charge in [-0.2, -0.15) is 0 Å². The van der Waals surface area contributed by atoms with Crippen LogP contribution in [0.3, 0.4) is 0 Å². The van der Waals surface area contributed by atoms with E-state index in [9.17, 15) is 4.39 Å². The molecule has 0 saturated heterocycles. The maximum atomic E-state index is 13.1. The average Bonchev–Trinajstić information content (AvgIpc) is 2.88. The van der Waals surface area contributed by atoms with Gasteiger partial charge in [-0.3, -0.25) is 0 Å². The number of hydrogen-bond acceptors (Lipinski definition) is 3. The largest absolute Gasteiger partial charge is 0.472 e. The highest BCUT2D eigenvalue weighted by Crippen LogP contribution is 2.16. The zero-order valence-corrected chi connectivity index (χ0v) is 11.1. The van der Waals surface area contributed by atoms with Crippen LogP contribution < -0.4 is 5.73 Å². The number of rotatable bonds is 6. The van der Waals surface area contributed by atoms with Crippen molar-refractivity contribution >= 4 is 0 Å². The minimum Gasteiger partial charge on any atom is -0.472 e. The smallest absolute Gasteiger partial charge is 0.123 e. The van der Waals surface area contributed by atoms with Crippen LogP contribution in [0.15, 0.2) is 47.3 Å². The van der Waals surface area contributed by atoms with Gasteiger partial charge in [-0.05, 0) is 43.8 Å². The lowest BCUT2D eigenvalue weighted by atomic mass is 10.0. The Labute approximate surface area is 112 Å². The van der Waals surface area contributed by atoms with Crippen molar-refractivity contribution in [2.75, 3.05) is 13.6 Å². The highest BCUT2D eigenvalue weighted by Gasteiger charge is 2.09. The molecule has 102 valence electrons. The van der Waals surface area contributed by atoms with Gasteiger partial charge in [0.1, 0.15) is 5.82 Å². The van der Waals surface area contributed by atoms with Crippen LogP contribution in [-0.4, -0.2) is 18.5 Å². The fourth-order valence-electron chi connectivity index (χ4n) is 2.04. The Bertz CT molecular complexity index is 499. The van der Waals surface area contributed by atoms with Gasteiger partial charge >= 0.3 is 0 Å². The third-order valence-electron chi connectivity index (χ3n) is 3.13. The molecule has 19 heavy (non-hydrogen) atoms. The molecule has 2 aromatic rings. The van der Waals surface area contributed by atoms with E-state index in [1.165, 1.54) is 12.1 Å². The number of hydrogen-bond donors (Lipinski definition) is 1. The lowest BCUT2D eigenvalue weighted by molar-refractivity contribution is 0.310. The normalized spacial score (nSPS) is 12.8. The predicted molar refractivity (Wildman–Crippen MR) is 73.0 cm³/mol. The molecule has 0 spiro atoms. The minimum absolute atomic E-state index is 0.137. The van der Waals surface area contributed by atoms with Crippen LogP contribution in [0.25, 0.3) is 0 Å². The molecule has 1 atom stereocenters. The zero-order valence-electron chi connectivity index (χ0n) is 11.1. The van der Waals surface area contributed by atoms with Gasteiger partial charge in [0, 0.05) is 18.2 Å². The summed E-state index contributed by atoms with van der Waals surface area (Å²) < 4.78 is 18.1. The fourth-order valence-corrected chi connectivity index (χ4v) is 2.04. The predicted octanol–water partition coefficient (Wildman–Crippen LogP) is 2.94. The number of furan rings is 1. The van der Waals surface area contributed by atoms with E-state index in [0.29, 0.717) is 0 Å². The Morgan fingerprint density at radius 2 is 2.21 bits per heavy atom. The summed E-state index contributed by atoms with van der Waals surface area (Å²) in [6.45, 7) is 1.68. The highest BCUT2D eigenvalue weighted by atomic mass is 19.1. The molecule has 1 aromatic heterocycles. The van der Waals surface area contributed by atoms with E-state index in [4.69, 9.17) is 10.2 Å². The molecule has 0 aliphatic carbocycles. The first-order chi connectivity index (χ1) is 9.15. The molecule has 1 unspecified atom stereocenters. The number of benzene rings is 1. The van der Waals surface area contributed by atoms with Crippen LogP contribution in [-0.2, 0) is 6.54 Å². The van der Waals surface area contributed by atoms with Crippen LogP contribution in [0.2, 0.25) is 0 Å². The molecule has 0 amide bonds. The van der Waals surface area contributed by atoms with Crippen molar-refractivity contribution in [3.05, 3.63) is 59.8 Å². The van der Waals surface area contributed by atoms with Gasteiger partial charge in [0.25, 0.3) is 0 Å². The van der Waals surface area contributed by atoms with E-state index in [1.807, 2.05) is 19.2 Å². The van der Waals surface area contributed by atoms with Gasteiger partial charge in [0.05, 0.1) is 12.5 Å². The maximum Gasteiger partial charge on any atom is 0.123 e. The first kappa shape index (κ1) is 13.8.